The molecule has 0 atom stereocenters. The van der Waals surface area contributed by atoms with Crippen LogP contribution in [0.3, 0.4) is 0 Å². The van der Waals surface area contributed by atoms with Gasteiger partial charge < -0.3 is 15.6 Å². The van der Waals surface area contributed by atoms with Gasteiger partial charge in [0, 0.05) is 5.56 Å². The van der Waals surface area contributed by atoms with Crippen LogP contribution < -0.4 is 10.5 Å². The summed E-state index contributed by atoms with van der Waals surface area (Å²) < 4.78 is 5.11. The molecule has 0 radical (unpaired) electrons. The second-order valence-corrected chi connectivity index (χ2v) is 5.83. The van der Waals surface area contributed by atoms with Gasteiger partial charge in [0.05, 0.1) is 18.4 Å². The number of thioether (sulfide) groups is 1. The van der Waals surface area contributed by atoms with Crippen LogP contribution in [0.4, 0.5) is 5.82 Å². The highest BCUT2D eigenvalue weighted by molar-refractivity contribution is 8.00. The largest absolute Gasteiger partial charge is 0.497 e. The SMILES string of the molecule is COc1ccc(-c2c(C#N)c(N)nc(SCC(=O)CO)c2C#N)cc1. The first-order valence-corrected chi connectivity index (χ1v) is 8.07. The summed E-state index contributed by atoms with van der Waals surface area (Å²) in [6.45, 7) is -0.591. The number of hydrogen-bond donors (Lipinski definition) is 2. The molecule has 0 bridgehead atoms. The molecule has 0 aliphatic heterocycles. The van der Waals surface area contributed by atoms with Gasteiger partial charge in [0.15, 0.2) is 5.78 Å². The molecule has 2 aromatic rings. The molecular formula is C17H14N4O3S. The number of nitriles is 2. The Bertz CT molecular complexity index is 883. The van der Waals surface area contributed by atoms with Crippen molar-refractivity contribution in [2.24, 2.45) is 0 Å². The monoisotopic (exact) mass is 354 g/mol. The molecule has 0 unspecified atom stereocenters. The molecule has 0 spiro atoms. The highest BCUT2D eigenvalue weighted by Crippen LogP contribution is 2.36. The average molecular weight is 354 g/mol. The number of aliphatic hydroxyl groups is 1. The lowest BCUT2D eigenvalue weighted by Crippen LogP contribution is -2.08. The minimum Gasteiger partial charge on any atom is -0.497 e. The summed E-state index contributed by atoms with van der Waals surface area (Å²) in [4.78, 5) is 15.4. The van der Waals surface area contributed by atoms with E-state index in [2.05, 4.69) is 4.98 Å². The Labute approximate surface area is 148 Å². The number of carbonyl (C=O) groups is 1. The summed E-state index contributed by atoms with van der Waals surface area (Å²) in [5, 5.41) is 28.1. The quantitative estimate of drug-likeness (QED) is 0.749. The highest BCUT2D eigenvalue weighted by Gasteiger charge is 2.21. The van der Waals surface area contributed by atoms with E-state index in [-0.39, 0.29) is 27.7 Å². The number of nitrogens with zero attached hydrogens (tertiary/aromatic N) is 3. The summed E-state index contributed by atoms with van der Waals surface area (Å²) in [6.07, 6.45) is 0. The van der Waals surface area contributed by atoms with E-state index in [4.69, 9.17) is 15.6 Å². The predicted octanol–water partition coefficient (Wildman–Crippen LogP) is 1.74. The maximum atomic E-state index is 11.3. The van der Waals surface area contributed by atoms with E-state index < -0.39 is 12.4 Å². The van der Waals surface area contributed by atoms with Gasteiger partial charge in [0.2, 0.25) is 0 Å². The molecule has 0 aliphatic carbocycles. The number of ether oxygens (including phenoxy) is 1. The van der Waals surface area contributed by atoms with E-state index in [1.807, 2.05) is 12.1 Å². The van der Waals surface area contributed by atoms with Crippen molar-refractivity contribution in [3.63, 3.8) is 0 Å². The second kappa shape index (κ2) is 8.15. The fourth-order valence-electron chi connectivity index (χ4n) is 2.14. The van der Waals surface area contributed by atoms with E-state index >= 15 is 0 Å². The number of aromatic nitrogens is 1. The Morgan fingerprint density at radius 3 is 2.44 bits per heavy atom. The summed E-state index contributed by atoms with van der Waals surface area (Å²) in [5.41, 5.74) is 7.10. The Balaban J connectivity index is 2.63. The fraction of sp³-hybridized carbons (Fsp3) is 0.176. The van der Waals surface area contributed by atoms with Gasteiger partial charge in [-0.2, -0.15) is 10.5 Å². The maximum Gasteiger partial charge on any atom is 0.168 e. The topological polar surface area (TPSA) is 133 Å². The number of carbonyl (C=O) groups excluding carboxylic acids is 1. The number of methoxy groups -OCH3 is 1. The van der Waals surface area contributed by atoms with E-state index in [0.717, 1.165) is 11.8 Å². The summed E-state index contributed by atoms with van der Waals surface area (Å²) >= 11 is 0.997. The molecule has 1 heterocycles. The number of pyridine rings is 1. The molecule has 1 aromatic carbocycles. The van der Waals surface area contributed by atoms with Crippen molar-refractivity contribution < 1.29 is 14.6 Å². The lowest BCUT2D eigenvalue weighted by Gasteiger charge is -2.13. The van der Waals surface area contributed by atoms with Crippen LogP contribution in [0.5, 0.6) is 5.75 Å². The lowest BCUT2D eigenvalue weighted by molar-refractivity contribution is -0.119. The number of hydrogen-bond acceptors (Lipinski definition) is 8. The standard InChI is InChI=1S/C17H14N4O3S/c1-24-12-4-2-10(3-5-12)15-13(6-18)16(20)21-17(14(15)7-19)25-9-11(23)8-22/h2-5,22H,8-9H2,1H3,(H2,20,21). The number of ketones is 1. The van der Waals surface area contributed by atoms with Crippen LogP contribution in [-0.4, -0.2) is 35.3 Å². The predicted molar refractivity (Wildman–Crippen MR) is 92.9 cm³/mol. The van der Waals surface area contributed by atoms with Gasteiger partial charge in [-0.3, -0.25) is 4.79 Å². The molecule has 0 saturated carbocycles. The number of rotatable bonds is 6. The van der Waals surface area contributed by atoms with Crippen LogP contribution in [0.2, 0.25) is 0 Å². The molecule has 3 N–H and O–H groups in total. The molecule has 126 valence electrons. The van der Waals surface area contributed by atoms with Crippen LogP contribution in [0.1, 0.15) is 11.1 Å². The summed E-state index contributed by atoms with van der Waals surface area (Å²) in [7, 11) is 1.54. The zero-order valence-corrected chi connectivity index (χ0v) is 14.1. The Hall–Kier alpha value is -3.07. The second-order valence-electron chi connectivity index (χ2n) is 4.86. The first-order chi connectivity index (χ1) is 12.0. The van der Waals surface area contributed by atoms with Gasteiger partial charge in [-0.05, 0) is 17.7 Å². The van der Waals surface area contributed by atoms with Crippen molar-refractivity contribution >= 4 is 23.4 Å². The fourth-order valence-corrected chi connectivity index (χ4v) is 2.99. The summed E-state index contributed by atoms with van der Waals surface area (Å²) in [6, 6.07) is 10.9. The van der Waals surface area contributed by atoms with Crippen molar-refractivity contribution in [1.29, 1.82) is 10.5 Å². The summed E-state index contributed by atoms with van der Waals surface area (Å²) in [5.74, 6) is 0.160. The number of Topliss-reactive ketones (excluding diaryl/α,β-unsaturated/α-hetero) is 1. The molecule has 0 fully saturated rings. The van der Waals surface area contributed by atoms with Gasteiger partial charge in [0.1, 0.15) is 40.9 Å². The zero-order valence-electron chi connectivity index (χ0n) is 13.3. The van der Waals surface area contributed by atoms with Crippen molar-refractivity contribution in [2.75, 3.05) is 25.2 Å². The first-order valence-electron chi connectivity index (χ1n) is 7.09. The molecule has 0 amide bonds. The van der Waals surface area contributed by atoms with Crippen LogP contribution >= 0.6 is 11.8 Å². The van der Waals surface area contributed by atoms with Gasteiger partial charge >= 0.3 is 0 Å². The third kappa shape index (κ3) is 3.89. The van der Waals surface area contributed by atoms with Gasteiger partial charge in [-0.25, -0.2) is 4.98 Å². The molecule has 1 aromatic heterocycles. The maximum absolute atomic E-state index is 11.3. The number of anilines is 1. The van der Waals surface area contributed by atoms with Gasteiger partial charge in [-0.15, -0.1) is 0 Å². The molecule has 8 heteroatoms. The Kier molecular flexibility index (Phi) is 5.96. The van der Waals surface area contributed by atoms with E-state index in [0.29, 0.717) is 16.9 Å². The third-order valence-corrected chi connectivity index (χ3v) is 4.38. The molecule has 0 saturated heterocycles. The van der Waals surface area contributed by atoms with E-state index in [9.17, 15) is 15.3 Å². The van der Waals surface area contributed by atoms with Crippen molar-refractivity contribution in [3.05, 3.63) is 35.4 Å². The molecular weight excluding hydrogens is 340 g/mol. The minimum absolute atomic E-state index is 0.0220. The molecule has 25 heavy (non-hydrogen) atoms. The van der Waals surface area contributed by atoms with E-state index in [1.165, 1.54) is 7.11 Å². The van der Waals surface area contributed by atoms with Crippen LogP contribution in [0.15, 0.2) is 29.3 Å². The third-order valence-electron chi connectivity index (χ3n) is 3.34. The van der Waals surface area contributed by atoms with Crippen molar-refractivity contribution in [2.45, 2.75) is 5.03 Å². The normalized spacial score (nSPS) is 9.92. The van der Waals surface area contributed by atoms with Crippen LogP contribution in [0, 0.1) is 22.7 Å². The number of aliphatic hydroxyl groups excluding tert-OH is 1. The van der Waals surface area contributed by atoms with Crippen molar-refractivity contribution in [1.82, 2.24) is 4.98 Å². The number of nitrogens with two attached hydrogens (primary N) is 1. The average Bonchev–Trinajstić information content (AvgIpc) is 2.65. The number of benzene rings is 1. The van der Waals surface area contributed by atoms with E-state index in [1.54, 1.807) is 24.3 Å². The molecule has 0 aliphatic rings. The van der Waals surface area contributed by atoms with Gasteiger partial charge in [0.25, 0.3) is 0 Å². The molecule has 2 rings (SSSR count). The van der Waals surface area contributed by atoms with Gasteiger partial charge in [-0.1, -0.05) is 23.9 Å². The number of nitrogen functional groups attached to an aromatic ring is 1. The smallest absolute Gasteiger partial charge is 0.168 e. The van der Waals surface area contributed by atoms with Crippen molar-refractivity contribution in [3.8, 4) is 29.0 Å². The highest BCUT2D eigenvalue weighted by atomic mass is 32.2. The van der Waals surface area contributed by atoms with Crippen LogP contribution in [-0.2, 0) is 4.79 Å². The lowest BCUT2D eigenvalue weighted by atomic mass is 9.97. The van der Waals surface area contributed by atoms with Crippen LogP contribution in [0.25, 0.3) is 11.1 Å². The molecule has 7 nitrogen and oxygen atoms in total. The zero-order chi connectivity index (χ0) is 18.4. The Morgan fingerprint density at radius 2 is 1.92 bits per heavy atom. The Morgan fingerprint density at radius 1 is 1.28 bits per heavy atom. The minimum atomic E-state index is -0.591. The first kappa shape index (κ1) is 18.3.